The monoisotopic (exact) mass is 482 g/mol. The summed E-state index contributed by atoms with van der Waals surface area (Å²) in [4.78, 5) is 26.9. The first-order valence-corrected chi connectivity index (χ1v) is 17.3. The van der Waals surface area contributed by atoms with Crippen molar-refractivity contribution in [2.45, 2.75) is 103 Å². The van der Waals surface area contributed by atoms with E-state index in [0.717, 1.165) is 36.3 Å². The zero-order chi connectivity index (χ0) is 23.9. The molecule has 32 heavy (non-hydrogen) atoms. The second-order valence-electron chi connectivity index (χ2n) is 8.77. The summed E-state index contributed by atoms with van der Waals surface area (Å²) in [7, 11) is -3.67. The topological polar surface area (TPSA) is 82.6 Å². The van der Waals surface area contributed by atoms with Gasteiger partial charge < -0.3 is 13.6 Å². The van der Waals surface area contributed by atoms with Crippen LogP contribution in [0.15, 0.2) is 22.4 Å². The molecule has 2 heterocycles. The van der Waals surface area contributed by atoms with Crippen molar-refractivity contribution in [3.05, 3.63) is 39.2 Å². The van der Waals surface area contributed by atoms with Gasteiger partial charge in [-0.3, -0.25) is 14.3 Å². The molecule has 0 spiro atoms. The summed E-state index contributed by atoms with van der Waals surface area (Å²) in [5, 5.41) is 0. The molecule has 9 heteroatoms. The lowest BCUT2D eigenvalue weighted by Crippen LogP contribution is -2.45. The van der Waals surface area contributed by atoms with Crippen LogP contribution in [-0.4, -0.2) is 45.0 Å². The van der Waals surface area contributed by atoms with Crippen LogP contribution in [0.5, 0.6) is 0 Å². The Balaban J connectivity index is 2.35. The molecule has 182 valence electrons. The molecule has 1 aliphatic heterocycles. The van der Waals surface area contributed by atoms with E-state index in [1.54, 1.807) is 0 Å². The minimum atomic E-state index is -1.88. The summed E-state index contributed by atoms with van der Waals surface area (Å²) in [5.74, 6) is 0. The minimum Gasteiger partial charge on any atom is -0.414 e. The molecule has 3 atom stereocenters. The second kappa shape index (κ2) is 11.7. The van der Waals surface area contributed by atoms with Crippen molar-refractivity contribution >= 4 is 22.7 Å². The van der Waals surface area contributed by atoms with Gasteiger partial charge in [-0.25, -0.2) is 4.79 Å². The SMILES string of the molecule is C=Cc1cn([C@H]2CC(O[Si](CC)(CC)CC)[C@@H](CO[Si](CC)(CC)CC)O2)c(=O)[nH]c1=O. The lowest BCUT2D eigenvalue weighted by Gasteiger charge is -2.35. The quantitative estimate of drug-likeness (QED) is 0.405. The van der Waals surface area contributed by atoms with Gasteiger partial charge in [0.25, 0.3) is 5.56 Å². The number of nitrogens with one attached hydrogen (secondary N) is 1. The molecule has 1 aliphatic rings. The maximum atomic E-state index is 12.6. The predicted octanol–water partition coefficient (Wildman–Crippen LogP) is 4.88. The Morgan fingerprint density at radius 3 is 2.12 bits per heavy atom. The van der Waals surface area contributed by atoms with E-state index in [1.165, 1.54) is 16.8 Å². The van der Waals surface area contributed by atoms with Crippen LogP contribution in [0.2, 0.25) is 36.3 Å². The van der Waals surface area contributed by atoms with E-state index >= 15 is 0 Å². The van der Waals surface area contributed by atoms with Crippen LogP contribution >= 0.6 is 0 Å². The Hall–Kier alpha value is -1.27. The molecule has 7 nitrogen and oxygen atoms in total. The first kappa shape index (κ1) is 27.0. The normalized spacial score (nSPS) is 21.8. The Labute approximate surface area is 194 Å². The van der Waals surface area contributed by atoms with E-state index in [0.29, 0.717) is 18.6 Å². The van der Waals surface area contributed by atoms with Crippen LogP contribution in [-0.2, 0) is 13.6 Å². The largest absolute Gasteiger partial charge is 0.414 e. The lowest BCUT2D eigenvalue weighted by atomic mass is 10.2. The van der Waals surface area contributed by atoms with Crippen LogP contribution in [0.1, 0.15) is 59.8 Å². The Bertz CT molecular complexity index is 844. The molecule has 1 N–H and O–H groups in total. The second-order valence-corrected chi connectivity index (χ2v) is 18.3. The first-order valence-electron chi connectivity index (χ1n) is 12.2. The molecule has 0 amide bonds. The van der Waals surface area contributed by atoms with Gasteiger partial charge in [-0.2, -0.15) is 0 Å². The summed E-state index contributed by atoms with van der Waals surface area (Å²) in [6, 6.07) is 6.35. The molecule has 0 aliphatic carbocycles. The number of hydrogen-bond donors (Lipinski definition) is 1. The van der Waals surface area contributed by atoms with E-state index < -0.39 is 34.1 Å². The van der Waals surface area contributed by atoms with Gasteiger partial charge in [0, 0.05) is 12.6 Å². The molecular formula is C23H42N2O5Si2. The van der Waals surface area contributed by atoms with Crippen LogP contribution in [0, 0.1) is 0 Å². The number of aromatic amines is 1. The van der Waals surface area contributed by atoms with Gasteiger partial charge in [-0.05, 0) is 36.3 Å². The number of aromatic nitrogens is 2. The van der Waals surface area contributed by atoms with Crippen molar-refractivity contribution in [2.24, 2.45) is 0 Å². The Kier molecular flexibility index (Phi) is 9.90. The van der Waals surface area contributed by atoms with Crippen LogP contribution in [0.3, 0.4) is 0 Å². The zero-order valence-corrected chi connectivity index (χ0v) is 22.7. The van der Waals surface area contributed by atoms with E-state index in [9.17, 15) is 9.59 Å². The van der Waals surface area contributed by atoms with Gasteiger partial charge in [0.15, 0.2) is 16.6 Å². The van der Waals surface area contributed by atoms with Gasteiger partial charge in [-0.15, -0.1) is 0 Å². The van der Waals surface area contributed by atoms with E-state index in [2.05, 4.69) is 53.1 Å². The third kappa shape index (κ3) is 5.80. The van der Waals surface area contributed by atoms with E-state index in [-0.39, 0.29) is 12.2 Å². The van der Waals surface area contributed by atoms with Crippen LogP contribution < -0.4 is 11.2 Å². The highest BCUT2D eigenvalue weighted by Gasteiger charge is 2.43. The van der Waals surface area contributed by atoms with Crippen molar-refractivity contribution in [3.8, 4) is 0 Å². The average molecular weight is 483 g/mol. The third-order valence-corrected chi connectivity index (χ3v) is 16.8. The molecule has 1 aromatic heterocycles. The van der Waals surface area contributed by atoms with Gasteiger partial charge in [-0.1, -0.05) is 54.2 Å². The molecular weight excluding hydrogens is 440 g/mol. The molecule has 2 rings (SSSR count). The van der Waals surface area contributed by atoms with Gasteiger partial charge in [0.05, 0.1) is 18.3 Å². The number of hydrogen-bond acceptors (Lipinski definition) is 5. The van der Waals surface area contributed by atoms with Crippen molar-refractivity contribution in [3.63, 3.8) is 0 Å². The maximum absolute atomic E-state index is 12.6. The number of nitrogens with zero attached hydrogens (tertiary/aromatic N) is 1. The summed E-state index contributed by atoms with van der Waals surface area (Å²) < 4.78 is 21.3. The van der Waals surface area contributed by atoms with Crippen molar-refractivity contribution in [1.82, 2.24) is 9.55 Å². The average Bonchev–Trinajstić information content (AvgIpc) is 3.21. The Morgan fingerprint density at radius 2 is 1.62 bits per heavy atom. The molecule has 0 radical (unpaired) electrons. The van der Waals surface area contributed by atoms with Gasteiger partial charge >= 0.3 is 5.69 Å². The van der Waals surface area contributed by atoms with E-state index in [4.69, 9.17) is 13.6 Å². The fourth-order valence-electron chi connectivity index (χ4n) is 4.64. The summed E-state index contributed by atoms with van der Waals surface area (Å²) >= 11 is 0. The number of ether oxygens (including phenoxy) is 1. The van der Waals surface area contributed by atoms with Crippen molar-refractivity contribution in [2.75, 3.05) is 6.61 Å². The molecule has 1 saturated heterocycles. The fraction of sp³-hybridized carbons (Fsp3) is 0.739. The zero-order valence-electron chi connectivity index (χ0n) is 20.7. The highest BCUT2D eigenvalue weighted by molar-refractivity contribution is 6.74. The standard InChI is InChI=1S/C23H42N2O5Si2/c1-8-18-16-25(23(27)24-22(18)26)21-15-19(30-32(12-5,13-6)14-7)20(29-21)17-28-31(9-2,10-3)11-4/h8,16,19-21H,1,9-15,17H2,2-7H3,(H,24,26,27)/t19?,20-,21-/m1/s1. The molecule has 0 aromatic carbocycles. The summed E-state index contributed by atoms with van der Waals surface area (Å²) in [6.45, 7) is 17.4. The van der Waals surface area contributed by atoms with Crippen LogP contribution in [0.4, 0.5) is 0 Å². The molecule has 1 fully saturated rings. The smallest absolute Gasteiger partial charge is 0.330 e. The summed E-state index contributed by atoms with van der Waals surface area (Å²) in [5.41, 5.74) is -0.569. The van der Waals surface area contributed by atoms with Crippen LogP contribution in [0.25, 0.3) is 6.08 Å². The molecule has 0 bridgehead atoms. The number of H-pyrrole nitrogens is 1. The molecule has 0 saturated carbocycles. The number of rotatable bonds is 13. The molecule has 1 unspecified atom stereocenters. The van der Waals surface area contributed by atoms with Gasteiger partial charge in [0.1, 0.15) is 12.3 Å². The third-order valence-electron chi connectivity index (χ3n) is 7.53. The minimum absolute atomic E-state index is 0.130. The Morgan fingerprint density at radius 1 is 1.06 bits per heavy atom. The summed E-state index contributed by atoms with van der Waals surface area (Å²) in [6.07, 6.45) is 2.67. The highest BCUT2D eigenvalue weighted by atomic mass is 28.4. The lowest BCUT2D eigenvalue weighted by molar-refractivity contribution is -0.0407. The van der Waals surface area contributed by atoms with Crippen molar-refractivity contribution in [1.29, 1.82) is 0 Å². The maximum Gasteiger partial charge on any atom is 0.330 e. The first-order chi connectivity index (χ1) is 15.3. The van der Waals surface area contributed by atoms with Gasteiger partial charge in [0.2, 0.25) is 0 Å². The predicted molar refractivity (Wildman–Crippen MR) is 135 cm³/mol. The van der Waals surface area contributed by atoms with Crippen molar-refractivity contribution < 1.29 is 13.6 Å². The fourth-order valence-corrected chi connectivity index (χ4v) is 10.2. The molecule has 1 aromatic rings. The highest BCUT2D eigenvalue weighted by Crippen LogP contribution is 2.36. The van der Waals surface area contributed by atoms with E-state index in [1.807, 2.05) is 0 Å².